The molecule has 2 aliphatic rings. The maximum absolute atomic E-state index is 13.2. The minimum atomic E-state index is -0.409. The van der Waals surface area contributed by atoms with Gasteiger partial charge in [0.15, 0.2) is 5.84 Å². The smallest absolute Gasteiger partial charge is 0.259 e. The Bertz CT molecular complexity index is 971. The predicted molar refractivity (Wildman–Crippen MR) is 107 cm³/mol. The standard InChI is InChI=1S/C20H22ClN5O/c1-5-6-14-16-17(25(4)24-14)19-22-15(11(2)3)20(27)26(19)18(23-16)12-7-9-13(21)10-8-12/h7-11,15H,5-6H2,1-4H3. The van der Waals surface area contributed by atoms with Crippen LogP contribution in [0.25, 0.3) is 0 Å². The van der Waals surface area contributed by atoms with E-state index < -0.39 is 6.04 Å². The highest BCUT2D eigenvalue weighted by Gasteiger charge is 2.44. The largest absolute Gasteiger partial charge is 0.271 e. The van der Waals surface area contributed by atoms with Gasteiger partial charge < -0.3 is 0 Å². The zero-order valence-corrected chi connectivity index (χ0v) is 16.7. The maximum atomic E-state index is 13.2. The fourth-order valence-corrected chi connectivity index (χ4v) is 3.70. The average molecular weight is 384 g/mol. The van der Waals surface area contributed by atoms with Crippen LogP contribution in [0.3, 0.4) is 0 Å². The molecule has 0 fully saturated rings. The summed E-state index contributed by atoms with van der Waals surface area (Å²) in [5, 5.41) is 5.29. The molecular weight excluding hydrogens is 362 g/mol. The minimum absolute atomic E-state index is 0.0439. The summed E-state index contributed by atoms with van der Waals surface area (Å²) in [5.41, 5.74) is 3.40. The number of hydrogen-bond donors (Lipinski definition) is 0. The first-order chi connectivity index (χ1) is 12.9. The lowest BCUT2D eigenvalue weighted by Gasteiger charge is -2.25. The van der Waals surface area contributed by atoms with E-state index >= 15 is 0 Å². The second-order valence-corrected chi connectivity index (χ2v) is 7.71. The summed E-state index contributed by atoms with van der Waals surface area (Å²) in [6.07, 6.45) is 1.80. The van der Waals surface area contributed by atoms with E-state index in [1.54, 1.807) is 9.58 Å². The van der Waals surface area contributed by atoms with Crippen molar-refractivity contribution in [2.24, 2.45) is 23.0 Å². The highest BCUT2D eigenvalue weighted by atomic mass is 35.5. The van der Waals surface area contributed by atoms with E-state index in [0.29, 0.717) is 16.7 Å². The molecule has 1 unspecified atom stereocenters. The Morgan fingerprint density at radius 1 is 1.19 bits per heavy atom. The van der Waals surface area contributed by atoms with Gasteiger partial charge in [0.1, 0.15) is 23.3 Å². The molecule has 27 heavy (non-hydrogen) atoms. The van der Waals surface area contributed by atoms with Crippen LogP contribution in [-0.4, -0.2) is 38.3 Å². The summed E-state index contributed by atoms with van der Waals surface area (Å²) in [7, 11) is 1.88. The van der Waals surface area contributed by atoms with Crippen molar-refractivity contribution in [1.82, 2.24) is 14.7 Å². The van der Waals surface area contributed by atoms with Gasteiger partial charge in [0.2, 0.25) is 0 Å². The molecule has 0 radical (unpaired) electrons. The van der Waals surface area contributed by atoms with E-state index in [4.69, 9.17) is 21.6 Å². The molecule has 1 amide bonds. The molecule has 6 nitrogen and oxygen atoms in total. The molecule has 1 aromatic carbocycles. The Morgan fingerprint density at radius 3 is 2.52 bits per heavy atom. The number of carbonyl (C=O) groups is 1. The zero-order valence-electron chi connectivity index (χ0n) is 15.9. The number of halogens is 1. The predicted octanol–water partition coefficient (Wildman–Crippen LogP) is 3.73. The number of aromatic nitrogens is 2. The third-order valence-electron chi connectivity index (χ3n) is 4.90. The first-order valence-corrected chi connectivity index (χ1v) is 9.62. The van der Waals surface area contributed by atoms with Gasteiger partial charge in [-0.2, -0.15) is 5.10 Å². The zero-order chi connectivity index (χ0) is 19.3. The molecule has 2 aromatic rings. The van der Waals surface area contributed by atoms with Crippen LogP contribution in [0.5, 0.6) is 0 Å². The van der Waals surface area contributed by atoms with Crippen molar-refractivity contribution in [1.29, 1.82) is 0 Å². The highest BCUT2D eigenvalue weighted by Crippen LogP contribution is 2.36. The summed E-state index contributed by atoms with van der Waals surface area (Å²) in [5.74, 6) is 1.30. The Morgan fingerprint density at radius 2 is 1.89 bits per heavy atom. The van der Waals surface area contributed by atoms with Crippen LogP contribution in [0.15, 0.2) is 34.3 Å². The summed E-state index contributed by atoms with van der Waals surface area (Å²) in [6, 6.07) is 6.98. The summed E-state index contributed by atoms with van der Waals surface area (Å²) >= 11 is 6.05. The average Bonchev–Trinajstić information content (AvgIpc) is 3.13. The van der Waals surface area contributed by atoms with Crippen molar-refractivity contribution < 1.29 is 4.79 Å². The number of benzene rings is 1. The molecule has 0 spiro atoms. The van der Waals surface area contributed by atoms with Gasteiger partial charge in [0.05, 0.1) is 5.69 Å². The molecule has 1 aromatic heterocycles. The van der Waals surface area contributed by atoms with Gasteiger partial charge in [-0.05, 0) is 36.6 Å². The number of amidine groups is 2. The fourth-order valence-electron chi connectivity index (χ4n) is 3.58. The number of aryl methyl sites for hydroxylation is 2. The van der Waals surface area contributed by atoms with Crippen molar-refractivity contribution in [3.63, 3.8) is 0 Å². The van der Waals surface area contributed by atoms with Crippen molar-refractivity contribution >= 4 is 34.9 Å². The van der Waals surface area contributed by atoms with E-state index in [9.17, 15) is 4.79 Å². The molecule has 1 atom stereocenters. The number of rotatable bonds is 4. The van der Waals surface area contributed by atoms with Gasteiger partial charge in [-0.15, -0.1) is 0 Å². The van der Waals surface area contributed by atoms with Crippen LogP contribution in [-0.2, 0) is 18.3 Å². The molecule has 0 aliphatic carbocycles. The second kappa shape index (κ2) is 6.60. The molecule has 0 N–H and O–H groups in total. The molecule has 0 saturated heterocycles. The molecule has 4 rings (SSSR count). The first-order valence-electron chi connectivity index (χ1n) is 9.25. The Balaban J connectivity index is 1.95. The second-order valence-electron chi connectivity index (χ2n) is 7.28. The van der Waals surface area contributed by atoms with E-state index in [-0.39, 0.29) is 11.8 Å². The molecule has 3 heterocycles. The van der Waals surface area contributed by atoms with Gasteiger partial charge in [-0.3, -0.25) is 14.5 Å². The number of carbonyl (C=O) groups excluding carboxylic acids is 1. The Hall–Kier alpha value is -2.47. The van der Waals surface area contributed by atoms with Crippen molar-refractivity contribution in [2.75, 3.05) is 0 Å². The normalized spacial score (nSPS) is 18.5. The fraction of sp³-hybridized carbons (Fsp3) is 0.400. The Labute approximate surface area is 163 Å². The van der Waals surface area contributed by atoms with E-state index in [1.165, 1.54) is 0 Å². The van der Waals surface area contributed by atoms with Gasteiger partial charge in [0.25, 0.3) is 5.91 Å². The van der Waals surface area contributed by atoms with Crippen LogP contribution in [0.4, 0.5) is 5.69 Å². The third-order valence-corrected chi connectivity index (χ3v) is 5.15. The van der Waals surface area contributed by atoms with Crippen molar-refractivity contribution in [3.8, 4) is 0 Å². The summed E-state index contributed by atoms with van der Waals surface area (Å²) < 4.78 is 1.80. The molecule has 7 heteroatoms. The van der Waals surface area contributed by atoms with E-state index in [1.807, 2.05) is 45.2 Å². The van der Waals surface area contributed by atoms with E-state index in [2.05, 4.69) is 12.0 Å². The van der Waals surface area contributed by atoms with Crippen LogP contribution < -0.4 is 0 Å². The van der Waals surface area contributed by atoms with Crippen LogP contribution in [0.1, 0.15) is 44.1 Å². The highest BCUT2D eigenvalue weighted by molar-refractivity contribution is 6.32. The molecule has 140 valence electrons. The molecule has 2 aliphatic heterocycles. The van der Waals surface area contributed by atoms with Crippen LogP contribution in [0.2, 0.25) is 5.02 Å². The van der Waals surface area contributed by atoms with Crippen LogP contribution in [0, 0.1) is 5.92 Å². The maximum Gasteiger partial charge on any atom is 0.259 e. The molecular formula is C20H22ClN5O. The monoisotopic (exact) mass is 383 g/mol. The summed E-state index contributed by atoms with van der Waals surface area (Å²) in [4.78, 5) is 24.5. The Kier molecular flexibility index (Phi) is 4.38. The number of amides is 1. The minimum Gasteiger partial charge on any atom is -0.271 e. The van der Waals surface area contributed by atoms with Gasteiger partial charge in [-0.1, -0.05) is 38.8 Å². The van der Waals surface area contributed by atoms with Crippen molar-refractivity contribution in [3.05, 3.63) is 46.2 Å². The summed E-state index contributed by atoms with van der Waals surface area (Å²) in [6.45, 7) is 6.14. The van der Waals surface area contributed by atoms with Crippen LogP contribution >= 0.6 is 11.6 Å². The lowest BCUT2D eigenvalue weighted by atomic mass is 10.0. The lowest BCUT2D eigenvalue weighted by Crippen LogP contribution is -2.44. The van der Waals surface area contributed by atoms with Gasteiger partial charge >= 0.3 is 0 Å². The number of nitrogens with zero attached hydrogens (tertiary/aromatic N) is 5. The van der Waals surface area contributed by atoms with E-state index in [0.717, 1.165) is 35.5 Å². The molecule has 0 saturated carbocycles. The first kappa shape index (κ1) is 17.9. The number of aliphatic imine (C=N–C) groups is 2. The topological polar surface area (TPSA) is 62.9 Å². The quantitative estimate of drug-likeness (QED) is 0.807. The number of hydrogen-bond acceptors (Lipinski definition) is 4. The van der Waals surface area contributed by atoms with Crippen molar-refractivity contribution in [2.45, 2.75) is 39.7 Å². The van der Waals surface area contributed by atoms with Gasteiger partial charge in [0, 0.05) is 17.6 Å². The van der Waals surface area contributed by atoms with Gasteiger partial charge in [-0.25, -0.2) is 9.89 Å². The number of fused-ring (bicyclic) bond motifs is 3. The third kappa shape index (κ3) is 2.79. The SMILES string of the molecule is CCCc1nn(C)c2c1N=C(c1ccc(Cl)cc1)N1C(=O)C(C(C)C)N=C21. The lowest BCUT2D eigenvalue weighted by molar-refractivity contribution is -0.125. The molecule has 0 bridgehead atoms.